The minimum atomic E-state index is -4.61. The molecule has 3 N–H and O–H groups in total. The molecular formula is C26H21Cl2N3O6S. The zero-order chi connectivity index (χ0) is 27.6. The van der Waals surface area contributed by atoms with E-state index >= 15 is 0 Å². The van der Waals surface area contributed by atoms with Crippen molar-refractivity contribution in [1.82, 2.24) is 0 Å². The van der Waals surface area contributed by atoms with Gasteiger partial charge in [-0.2, -0.15) is 8.42 Å². The van der Waals surface area contributed by atoms with Crippen molar-refractivity contribution < 1.29 is 27.6 Å². The number of para-hydroxylation sites is 1. The van der Waals surface area contributed by atoms with Gasteiger partial charge < -0.3 is 15.2 Å². The first-order chi connectivity index (χ1) is 18.0. The monoisotopic (exact) mass is 573 g/mol. The number of nitrogens with zero attached hydrogens (tertiary/aromatic N) is 2. The summed E-state index contributed by atoms with van der Waals surface area (Å²) in [6.07, 6.45) is 0. The summed E-state index contributed by atoms with van der Waals surface area (Å²) in [5, 5.41) is 23.0. The van der Waals surface area contributed by atoms with Crippen molar-refractivity contribution in [1.29, 1.82) is 0 Å². The van der Waals surface area contributed by atoms with Crippen molar-refractivity contribution in [2.45, 2.75) is 18.7 Å². The van der Waals surface area contributed by atoms with Crippen LogP contribution < -0.4 is 10.1 Å². The van der Waals surface area contributed by atoms with E-state index in [4.69, 9.17) is 27.9 Å². The minimum absolute atomic E-state index is 0.0300. The van der Waals surface area contributed by atoms with E-state index in [-0.39, 0.29) is 32.7 Å². The third-order valence-electron chi connectivity index (χ3n) is 5.56. The average molecular weight is 574 g/mol. The van der Waals surface area contributed by atoms with Crippen LogP contribution in [-0.4, -0.2) is 30.6 Å². The van der Waals surface area contributed by atoms with Crippen LogP contribution in [0.15, 0.2) is 75.8 Å². The highest BCUT2D eigenvalue weighted by Gasteiger charge is 2.22. The largest absolute Gasteiger partial charge is 0.505 e. The summed E-state index contributed by atoms with van der Waals surface area (Å²) in [7, 11) is -4.61. The Labute approximate surface area is 228 Å². The predicted octanol–water partition coefficient (Wildman–Crippen LogP) is 7.47. The van der Waals surface area contributed by atoms with Gasteiger partial charge in [0.25, 0.3) is 16.0 Å². The Morgan fingerprint density at radius 3 is 2.45 bits per heavy atom. The molecule has 0 spiro atoms. The quantitative estimate of drug-likeness (QED) is 0.155. The number of phenols is 1. The molecule has 0 atom stereocenters. The summed E-state index contributed by atoms with van der Waals surface area (Å²) in [6, 6.07) is 15.8. The molecule has 0 aliphatic rings. The number of azo groups is 1. The number of carbonyl (C=O) groups is 1. The summed E-state index contributed by atoms with van der Waals surface area (Å²) >= 11 is 12.5. The molecule has 1 amide bonds. The molecule has 0 bridgehead atoms. The highest BCUT2D eigenvalue weighted by atomic mass is 35.5. The van der Waals surface area contributed by atoms with Gasteiger partial charge in [-0.3, -0.25) is 9.35 Å². The van der Waals surface area contributed by atoms with Gasteiger partial charge in [0, 0.05) is 5.39 Å². The molecule has 0 fully saturated rings. The van der Waals surface area contributed by atoms with E-state index in [1.807, 2.05) is 0 Å². The van der Waals surface area contributed by atoms with Gasteiger partial charge in [-0.25, -0.2) is 0 Å². The van der Waals surface area contributed by atoms with Gasteiger partial charge in [-0.05, 0) is 49.1 Å². The van der Waals surface area contributed by atoms with Crippen LogP contribution in [0.25, 0.3) is 10.8 Å². The number of aryl methyl sites for hydroxylation is 1. The molecule has 0 unspecified atom stereocenters. The first-order valence-corrected chi connectivity index (χ1v) is 13.4. The van der Waals surface area contributed by atoms with E-state index in [1.54, 1.807) is 56.3 Å². The summed E-state index contributed by atoms with van der Waals surface area (Å²) in [5.74, 6) is -0.798. The lowest BCUT2D eigenvalue weighted by Gasteiger charge is -2.15. The van der Waals surface area contributed by atoms with Crippen LogP contribution in [0.4, 0.5) is 17.1 Å². The van der Waals surface area contributed by atoms with E-state index in [9.17, 15) is 22.9 Å². The van der Waals surface area contributed by atoms with Gasteiger partial charge in [0.2, 0.25) is 0 Å². The van der Waals surface area contributed by atoms with Crippen LogP contribution in [0.2, 0.25) is 10.0 Å². The number of aromatic hydroxyl groups is 1. The normalized spacial score (nSPS) is 11.7. The number of phenolic OH excluding ortho intramolecular Hbond substituents is 1. The van der Waals surface area contributed by atoms with Crippen molar-refractivity contribution in [3.05, 3.63) is 81.8 Å². The number of benzene rings is 4. The fourth-order valence-electron chi connectivity index (χ4n) is 3.74. The van der Waals surface area contributed by atoms with Crippen LogP contribution in [-0.2, 0) is 10.1 Å². The Balaban J connectivity index is 1.84. The maximum Gasteiger partial charge on any atom is 0.296 e. The molecule has 0 saturated carbocycles. The molecule has 0 radical (unpaired) electrons. The smallest absolute Gasteiger partial charge is 0.296 e. The first-order valence-electron chi connectivity index (χ1n) is 11.2. The van der Waals surface area contributed by atoms with Crippen LogP contribution >= 0.6 is 23.2 Å². The SMILES string of the molecule is CCOc1cccc(Cl)c1NC(=O)c1cc2ccccc2c(N=Nc2c(C)ccc(S(=O)(=O)O)c2Cl)c1O. The second kappa shape index (κ2) is 11.0. The maximum absolute atomic E-state index is 13.3. The minimum Gasteiger partial charge on any atom is -0.505 e. The number of hydrogen-bond donors (Lipinski definition) is 3. The molecule has 0 aliphatic carbocycles. The fraction of sp³-hybridized carbons (Fsp3) is 0.115. The number of carbonyl (C=O) groups excluding carboxylic acids is 1. The first kappa shape index (κ1) is 27.3. The molecule has 9 nitrogen and oxygen atoms in total. The number of anilines is 1. The Hall–Kier alpha value is -3.70. The van der Waals surface area contributed by atoms with Crippen molar-refractivity contribution in [3.8, 4) is 11.5 Å². The highest BCUT2D eigenvalue weighted by molar-refractivity contribution is 7.86. The lowest BCUT2D eigenvalue weighted by atomic mass is 10.0. The average Bonchev–Trinajstić information content (AvgIpc) is 2.86. The van der Waals surface area contributed by atoms with Crippen LogP contribution in [0.1, 0.15) is 22.8 Å². The number of amides is 1. The Morgan fingerprint density at radius 2 is 1.74 bits per heavy atom. The second-order valence-electron chi connectivity index (χ2n) is 8.06. The van der Waals surface area contributed by atoms with E-state index < -0.39 is 26.7 Å². The van der Waals surface area contributed by atoms with E-state index in [1.165, 1.54) is 12.1 Å². The van der Waals surface area contributed by atoms with Crippen LogP contribution in [0, 0.1) is 6.92 Å². The Bertz CT molecular complexity index is 1710. The van der Waals surface area contributed by atoms with Crippen LogP contribution in [0.3, 0.4) is 0 Å². The summed E-state index contributed by atoms with van der Waals surface area (Å²) in [6.45, 7) is 3.75. The highest BCUT2D eigenvalue weighted by Crippen LogP contribution is 2.42. The summed E-state index contributed by atoms with van der Waals surface area (Å²) < 4.78 is 38.4. The number of halogens is 2. The summed E-state index contributed by atoms with van der Waals surface area (Å²) in [4.78, 5) is 12.8. The zero-order valence-electron chi connectivity index (χ0n) is 20.1. The molecule has 0 heterocycles. The number of rotatable bonds is 7. The lowest BCUT2D eigenvalue weighted by molar-refractivity contribution is 0.102. The summed E-state index contributed by atoms with van der Waals surface area (Å²) in [5.41, 5.74) is 0.504. The topological polar surface area (TPSA) is 138 Å². The number of nitrogens with one attached hydrogen (secondary N) is 1. The Morgan fingerprint density at radius 1 is 1.03 bits per heavy atom. The molecule has 196 valence electrons. The molecule has 0 aromatic heterocycles. The predicted molar refractivity (Wildman–Crippen MR) is 146 cm³/mol. The van der Waals surface area contributed by atoms with Gasteiger partial charge >= 0.3 is 0 Å². The molecule has 0 aliphatic heterocycles. The molecule has 4 aromatic rings. The van der Waals surface area contributed by atoms with Gasteiger partial charge in [-0.1, -0.05) is 59.6 Å². The number of ether oxygens (including phenoxy) is 1. The molecule has 0 saturated heterocycles. The van der Waals surface area contributed by atoms with E-state index in [0.717, 1.165) is 6.07 Å². The molecular weight excluding hydrogens is 553 g/mol. The van der Waals surface area contributed by atoms with Crippen molar-refractivity contribution >= 4 is 67.1 Å². The third-order valence-corrected chi connectivity index (χ3v) is 7.27. The van der Waals surface area contributed by atoms with Gasteiger partial charge in [-0.15, -0.1) is 10.2 Å². The second-order valence-corrected chi connectivity index (χ2v) is 10.2. The van der Waals surface area contributed by atoms with Gasteiger partial charge in [0.15, 0.2) is 5.75 Å². The van der Waals surface area contributed by atoms with Crippen molar-refractivity contribution in [3.63, 3.8) is 0 Å². The van der Waals surface area contributed by atoms with E-state index in [0.29, 0.717) is 28.7 Å². The van der Waals surface area contributed by atoms with Crippen LogP contribution in [0.5, 0.6) is 11.5 Å². The molecule has 4 rings (SSSR count). The Kier molecular flexibility index (Phi) is 7.89. The van der Waals surface area contributed by atoms with E-state index in [2.05, 4.69) is 15.5 Å². The van der Waals surface area contributed by atoms with Crippen molar-refractivity contribution in [2.75, 3.05) is 11.9 Å². The van der Waals surface area contributed by atoms with Gasteiger partial charge in [0.05, 0.1) is 22.2 Å². The molecule has 4 aromatic carbocycles. The standard InChI is InChI=1S/C26H21Cl2N3O6S/c1-3-37-19-10-6-9-18(27)24(19)29-26(33)17-13-15-7-4-5-8-16(15)23(25(17)32)31-30-22-14(2)11-12-20(21(22)28)38(34,35)36/h4-13,32H,3H2,1-2H3,(H,29,33)(H,34,35,36). The fourth-order valence-corrected chi connectivity index (χ4v) is 5.06. The molecule has 38 heavy (non-hydrogen) atoms. The van der Waals surface area contributed by atoms with Crippen molar-refractivity contribution in [2.24, 2.45) is 10.2 Å². The van der Waals surface area contributed by atoms with Gasteiger partial charge in [0.1, 0.15) is 27.7 Å². The lowest BCUT2D eigenvalue weighted by Crippen LogP contribution is -2.14. The number of fused-ring (bicyclic) bond motifs is 1. The zero-order valence-corrected chi connectivity index (χ0v) is 22.4. The number of hydrogen-bond acceptors (Lipinski definition) is 7. The maximum atomic E-state index is 13.3. The third kappa shape index (κ3) is 5.44. The molecule has 12 heteroatoms.